The molecule has 2 N–H and O–H groups in total. The monoisotopic (exact) mass is 388 g/mol. The minimum Gasteiger partial charge on any atom is -0.378 e. The molecule has 1 aromatic heterocycles. The van der Waals surface area contributed by atoms with E-state index in [0.29, 0.717) is 19.2 Å². The molecule has 1 aliphatic heterocycles. The second-order valence-corrected chi connectivity index (χ2v) is 6.07. The van der Waals surface area contributed by atoms with Crippen LogP contribution in [0.4, 0.5) is 19.1 Å². The first-order valence-corrected chi connectivity index (χ1v) is 9.23. The Balaban J connectivity index is 1.85. The Morgan fingerprint density at radius 2 is 2.07 bits per heavy atom. The molecule has 0 aromatic carbocycles. The molecule has 152 valence electrons. The molecule has 0 bridgehead atoms. The minimum atomic E-state index is -4.48. The van der Waals surface area contributed by atoms with Gasteiger partial charge in [0.1, 0.15) is 5.69 Å². The lowest BCUT2D eigenvalue weighted by molar-refractivity contribution is -0.141. The molecule has 0 spiro atoms. The van der Waals surface area contributed by atoms with Crippen molar-refractivity contribution < 1.29 is 17.9 Å². The number of piperidine rings is 1. The van der Waals surface area contributed by atoms with Crippen molar-refractivity contribution >= 4 is 11.9 Å². The Morgan fingerprint density at radius 1 is 1.33 bits per heavy atom. The maximum atomic E-state index is 12.7. The molecular formula is C17H27F3N6O. The number of hydrogen-bond acceptors (Lipinski definition) is 5. The second-order valence-electron chi connectivity index (χ2n) is 6.07. The zero-order valence-electron chi connectivity index (χ0n) is 15.7. The van der Waals surface area contributed by atoms with Gasteiger partial charge in [0.15, 0.2) is 5.96 Å². The molecule has 10 heteroatoms. The Morgan fingerprint density at radius 3 is 2.70 bits per heavy atom. The van der Waals surface area contributed by atoms with E-state index in [1.807, 2.05) is 13.8 Å². The van der Waals surface area contributed by atoms with Crippen LogP contribution in [-0.4, -0.2) is 66.3 Å². The van der Waals surface area contributed by atoms with Gasteiger partial charge in [0.25, 0.3) is 0 Å². The first kappa shape index (κ1) is 21.2. The Hall–Kier alpha value is -2.10. The van der Waals surface area contributed by atoms with E-state index in [9.17, 15) is 13.2 Å². The van der Waals surface area contributed by atoms with Crippen LogP contribution in [0.25, 0.3) is 0 Å². The lowest BCUT2D eigenvalue weighted by Crippen LogP contribution is -2.47. The molecule has 1 fully saturated rings. The highest BCUT2D eigenvalue weighted by atomic mass is 19.4. The third-order valence-corrected chi connectivity index (χ3v) is 4.08. The quantitative estimate of drug-likeness (QED) is 0.424. The average Bonchev–Trinajstić information content (AvgIpc) is 2.65. The fourth-order valence-electron chi connectivity index (χ4n) is 2.83. The van der Waals surface area contributed by atoms with Crippen molar-refractivity contribution in [3.63, 3.8) is 0 Å². The molecule has 0 aliphatic carbocycles. The molecule has 1 saturated heterocycles. The van der Waals surface area contributed by atoms with E-state index in [2.05, 4.69) is 30.5 Å². The highest BCUT2D eigenvalue weighted by molar-refractivity contribution is 5.80. The van der Waals surface area contributed by atoms with Gasteiger partial charge in [0.05, 0.1) is 12.6 Å². The molecule has 0 unspecified atom stereocenters. The Labute approximate surface area is 157 Å². The smallest absolute Gasteiger partial charge is 0.378 e. The number of nitrogens with one attached hydrogen (secondary N) is 2. The summed E-state index contributed by atoms with van der Waals surface area (Å²) in [5, 5.41) is 6.04. The standard InChI is InChI=1S/C17H27F3N6O/c1-3-21-16(26-11-6-13(7-12-26)27-4-2)24-10-9-23-15-22-8-5-14(25-15)17(18,19)20/h5,8,13H,3-4,6-7,9-12H2,1-2H3,(H,21,24)(H,22,23,25). The predicted molar refractivity (Wildman–Crippen MR) is 97.7 cm³/mol. The van der Waals surface area contributed by atoms with Gasteiger partial charge in [-0.15, -0.1) is 0 Å². The van der Waals surface area contributed by atoms with E-state index < -0.39 is 11.9 Å². The summed E-state index contributed by atoms with van der Waals surface area (Å²) >= 11 is 0. The number of likely N-dealkylation sites (tertiary alicyclic amines) is 1. The van der Waals surface area contributed by atoms with Crippen LogP contribution in [0.15, 0.2) is 17.3 Å². The minimum absolute atomic E-state index is 0.0532. The highest BCUT2D eigenvalue weighted by Gasteiger charge is 2.32. The summed E-state index contributed by atoms with van der Waals surface area (Å²) in [5.74, 6) is 0.752. The second kappa shape index (κ2) is 10.3. The van der Waals surface area contributed by atoms with E-state index >= 15 is 0 Å². The zero-order valence-corrected chi connectivity index (χ0v) is 15.7. The number of aliphatic imine (C=N–C) groups is 1. The Bertz CT molecular complexity index is 603. The van der Waals surface area contributed by atoms with E-state index in [0.717, 1.165) is 57.3 Å². The van der Waals surface area contributed by atoms with Crippen LogP contribution in [0.5, 0.6) is 0 Å². The molecule has 2 rings (SSSR count). The van der Waals surface area contributed by atoms with Gasteiger partial charge in [0.2, 0.25) is 5.95 Å². The summed E-state index contributed by atoms with van der Waals surface area (Å²) in [6.45, 7) is 7.92. The summed E-state index contributed by atoms with van der Waals surface area (Å²) < 4.78 is 43.7. The maximum Gasteiger partial charge on any atom is 0.433 e. The van der Waals surface area contributed by atoms with Crippen molar-refractivity contribution in [3.8, 4) is 0 Å². The molecule has 27 heavy (non-hydrogen) atoms. The molecule has 0 amide bonds. The van der Waals surface area contributed by atoms with Gasteiger partial charge < -0.3 is 20.3 Å². The maximum absolute atomic E-state index is 12.7. The molecule has 7 nitrogen and oxygen atoms in total. The number of aromatic nitrogens is 2. The highest BCUT2D eigenvalue weighted by Crippen LogP contribution is 2.27. The van der Waals surface area contributed by atoms with E-state index in [-0.39, 0.29) is 5.95 Å². The van der Waals surface area contributed by atoms with Crippen molar-refractivity contribution in [2.45, 2.75) is 39.0 Å². The predicted octanol–water partition coefficient (Wildman–Crippen LogP) is 2.37. The van der Waals surface area contributed by atoms with Crippen LogP contribution in [0.1, 0.15) is 32.4 Å². The van der Waals surface area contributed by atoms with Gasteiger partial charge in [-0.05, 0) is 32.8 Å². The van der Waals surface area contributed by atoms with Crippen molar-refractivity contribution in [1.82, 2.24) is 20.2 Å². The third-order valence-electron chi connectivity index (χ3n) is 4.08. The number of halogens is 3. The fourth-order valence-corrected chi connectivity index (χ4v) is 2.83. The summed E-state index contributed by atoms with van der Waals surface area (Å²) in [5.41, 5.74) is -0.964. The summed E-state index contributed by atoms with van der Waals surface area (Å²) in [6, 6.07) is 0.846. The lowest BCUT2D eigenvalue weighted by atomic mass is 10.1. The van der Waals surface area contributed by atoms with Gasteiger partial charge in [-0.3, -0.25) is 4.99 Å². The third kappa shape index (κ3) is 6.85. The SMILES string of the molecule is CCNC(=NCCNc1nccc(C(F)(F)F)n1)N1CCC(OCC)CC1. The van der Waals surface area contributed by atoms with E-state index in [1.54, 1.807) is 0 Å². The summed E-state index contributed by atoms with van der Waals surface area (Å²) in [7, 11) is 0. The van der Waals surface area contributed by atoms with Gasteiger partial charge >= 0.3 is 6.18 Å². The number of anilines is 1. The molecule has 1 aromatic rings. The zero-order chi connectivity index (χ0) is 19.7. The van der Waals surface area contributed by atoms with Crippen LogP contribution < -0.4 is 10.6 Å². The summed E-state index contributed by atoms with van der Waals surface area (Å²) in [6.07, 6.45) is -1.19. The van der Waals surface area contributed by atoms with Gasteiger partial charge in [-0.1, -0.05) is 0 Å². The molecule has 1 aliphatic rings. The normalized spacial score (nSPS) is 16.5. The first-order valence-electron chi connectivity index (χ1n) is 9.23. The number of ether oxygens (including phenoxy) is 1. The largest absolute Gasteiger partial charge is 0.433 e. The number of rotatable bonds is 7. The number of hydrogen-bond donors (Lipinski definition) is 2. The van der Waals surface area contributed by atoms with Crippen LogP contribution in [0, 0.1) is 0 Å². The fraction of sp³-hybridized carbons (Fsp3) is 0.706. The lowest BCUT2D eigenvalue weighted by Gasteiger charge is -2.34. The van der Waals surface area contributed by atoms with E-state index in [4.69, 9.17) is 4.74 Å². The van der Waals surface area contributed by atoms with Gasteiger partial charge in [-0.25, -0.2) is 9.97 Å². The topological polar surface area (TPSA) is 74.7 Å². The number of guanidine groups is 1. The number of alkyl halides is 3. The Kier molecular flexibility index (Phi) is 8.08. The first-order chi connectivity index (χ1) is 12.9. The molecule has 0 atom stereocenters. The van der Waals surface area contributed by atoms with Crippen LogP contribution in [0.2, 0.25) is 0 Å². The van der Waals surface area contributed by atoms with Crippen molar-refractivity contribution in [3.05, 3.63) is 18.0 Å². The molecular weight excluding hydrogens is 361 g/mol. The van der Waals surface area contributed by atoms with E-state index in [1.165, 1.54) is 0 Å². The molecule has 0 radical (unpaired) electrons. The van der Waals surface area contributed by atoms with Gasteiger partial charge in [0, 0.05) is 39.0 Å². The van der Waals surface area contributed by atoms with Gasteiger partial charge in [-0.2, -0.15) is 13.2 Å². The number of nitrogens with zero attached hydrogens (tertiary/aromatic N) is 4. The van der Waals surface area contributed by atoms with Crippen LogP contribution >= 0.6 is 0 Å². The van der Waals surface area contributed by atoms with Crippen molar-refractivity contribution in [1.29, 1.82) is 0 Å². The van der Waals surface area contributed by atoms with Crippen molar-refractivity contribution in [2.75, 3.05) is 44.6 Å². The van der Waals surface area contributed by atoms with Crippen molar-refractivity contribution in [2.24, 2.45) is 4.99 Å². The molecule has 2 heterocycles. The molecule has 0 saturated carbocycles. The van der Waals surface area contributed by atoms with Crippen LogP contribution in [-0.2, 0) is 10.9 Å². The van der Waals surface area contributed by atoms with Crippen LogP contribution in [0.3, 0.4) is 0 Å². The summed E-state index contributed by atoms with van der Waals surface area (Å²) in [4.78, 5) is 14.0. The average molecular weight is 388 g/mol.